The first-order valence-corrected chi connectivity index (χ1v) is 6.28. The first kappa shape index (κ1) is 11.3. The lowest BCUT2D eigenvalue weighted by molar-refractivity contribution is 0.240. The summed E-state index contributed by atoms with van der Waals surface area (Å²) in [6.07, 6.45) is 0. The molecule has 4 nitrogen and oxygen atoms in total. The number of likely N-dealkylation sites (N-methyl/N-ethyl adjacent to an activating group) is 1. The number of halogens is 1. The molecule has 88 valence electrons. The van der Waals surface area contributed by atoms with Gasteiger partial charge < -0.3 is 4.74 Å². The molecule has 0 amide bonds. The Morgan fingerprint density at radius 2 is 2.19 bits per heavy atom. The largest absolute Gasteiger partial charge is 0.490 e. The molecule has 1 aliphatic heterocycles. The minimum Gasteiger partial charge on any atom is -0.490 e. The Hall–Kier alpha value is -1.14. The summed E-state index contributed by atoms with van der Waals surface area (Å²) in [5.74, 6) is -0.699. The Kier molecular flexibility index (Phi) is 2.63. The molecule has 1 aromatic carbocycles. The van der Waals surface area contributed by atoms with Crippen molar-refractivity contribution >= 4 is 10.0 Å². The number of rotatable bonds is 0. The van der Waals surface area contributed by atoms with E-state index in [1.807, 2.05) is 0 Å². The van der Waals surface area contributed by atoms with Crippen LogP contribution in [0.5, 0.6) is 5.75 Å². The van der Waals surface area contributed by atoms with Gasteiger partial charge in [-0.25, -0.2) is 12.8 Å². The van der Waals surface area contributed by atoms with Gasteiger partial charge in [-0.05, 0) is 19.1 Å². The molecule has 6 heteroatoms. The van der Waals surface area contributed by atoms with Crippen LogP contribution in [0.3, 0.4) is 0 Å². The zero-order valence-corrected chi connectivity index (χ0v) is 9.79. The average molecular weight is 245 g/mol. The van der Waals surface area contributed by atoms with Crippen molar-refractivity contribution in [2.24, 2.45) is 0 Å². The lowest BCUT2D eigenvalue weighted by atomic mass is 10.3. The van der Waals surface area contributed by atoms with Gasteiger partial charge in [-0.3, -0.25) is 0 Å². The Labute approximate surface area is 93.7 Å². The number of hydrogen-bond acceptors (Lipinski definition) is 3. The number of benzene rings is 1. The molecule has 0 spiro atoms. The number of nitrogens with zero attached hydrogens (tertiary/aromatic N) is 1. The Morgan fingerprint density at radius 3 is 2.88 bits per heavy atom. The topological polar surface area (TPSA) is 46.6 Å². The molecule has 1 aromatic rings. The van der Waals surface area contributed by atoms with Gasteiger partial charge in [0.15, 0.2) is 4.90 Å². The first-order valence-electron chi connectivity index (χ1n) is 4.84. The van der Waals surface area contributed by atoms with Gasteiger partial charge in [0.25, 0.3) is 0 Å². The Bertz CT molecular complexity index is 515. The third-order valence-corrected chi connectivity index (χ3v) is 4.70. The summed E-state index contributed by atoms with van der Waals surface area (Å²) in [6.45, 7) is 1.92. The second kappa shape index (κ2) is 3.71. The zero-order chi connectivity index (χ0) is 11.9. The molecule has 0 aliphatic carbocycles. The smallest absolute Gasteiger partial charge is 0.249 e. The van der Waals surface area contributed by atoms with E-state index in [2.05, 4.69) is 0 Å². The fourth-order valence-corrected chi connectivity index (χ4v) is 3.07. The van der Waals surface area contributed by atoms with Gasteiger partial charge in [-0.1, -0.05) is 6.07 Å². The van der Waals surface area contributed by atoms with Crippen LogP contribution in [-0.4, -0.2) is 32.4 Å². The van der Waals surface area contributed by atoms with Crippen LogP contribution in [0.1, 0.15) is 6.92 Å². The molecule has 1 heterocycles. The fourth-order valence-electron chi connectivity index (χ4n) is 1.55. The zero-order valence-electron chi connectivity index (χ0n) is 8.97. The molecule has 1 atom stereocenters. The highest BCUT2D eigenvalue weighted by molar-refractivity contribution is 7.89. The summed E-state index contributed by atoms with van der Waals surface area (Å²) in [5, 5.41) is 0. The highest BCUT2D eigenvalue weighted by Crippen LogP contribution is 2.32. The van der Waals surface area contributed by atoms with Crippen molar-refractivity contribution in [3.8, 4) is 5.75 Å². The van der Waals surface area contributed by atoms with E-state index >= 15 is 0 Å². The first-order chi connectivity index (χ1) is 7.44. The number of fused-ring (bicyclic) bond motifs is 1. The van der Waals surface area contributed by atoms with Crippen LogP contribution in [0, 0.1) is 5.82 Å². The second-order valence-corrected chi connectivity index (χ2v) is 5.68. The summed E-state index contributed by atoms with van der Waals surface area (Å²) in [4.78, 5) is -0.373. The third-order valence-electron chi connectivity index (χ3n) is 2.67. The SMILES string of the molecule is C[C@@H]1COc2cccc(F)c2S(=O)(=O)N1C. The van der Waals surface area contributed by atoms with E-state index in [9.17, 15) is 12.8 Å². The van der Waals surface area contributed by atoms with Gasteiger partial charge in [-0.2, -0.15) is 4.31 Å². The van der Waals surface area contributed by atoms with Crippen LogP contribution < -0.4 is 4.74 Å². The molecule has 1 aliphatic rings. The summed E-state index contributed by atoms with van der Waals surface area (Å²) in [5.41, 5.74) is 0. The second-order valence-electron chi connectivity index (χ2n) is 3.75. The van der Waals surface area contributed by atoms with Gasteiger partial charge in [0, 0.05) is 7.05 Å². The van der Waals surface area contributed by atoms with Crippen molar-refractivity contribution in [3.63, 3.8) is 0 Å². The average Bonchev–Trinajstić information content (AvgIpc) is 2.31. The van der Waals surface area contributed by atoms with Gasteiger partial charge in [0.05, 0.1) is 6.04 Å². The van der Waals surface area contributed by atoms with Crippen molar-refractivity contribution in [2.45, 2.75) is 17.9 Å². The van der Waals surface area contributed by atoms with Gasteiger partial charge >= 0.3 is 0 Å². The highest BCUT2D eigenvalue weighted by atomic mass is 32.2. The molecule has 0 unspecified atom stereocenters. The van der Waals surface area contributed by atoms with E-state index < -0.39 is 15.8 Å². The van der Waals surface area contributed by atoms with E-state index in [0.29, 0.717) is 0 Å². The van der Waals surface area contributed by atoms with Crippen molar-refractivity contribution in [1.29, 1.82) is 0 Å². The van der Waals surface area contributed by atoms with Crippen molar-refractivity contribution in [2.75, 3.05) is 13.7 Å². The molecule has 0 radical (unpaired) electrons. The summed E-state index contributed by atoms with van der Waals surface area (Å²) < 4.78 is 44.1. The monoisotopic (exact) mass is 245 g/mol. The van der Waals surface area contributed by atoms with E-state index in [1.165, 1.54) is 19.2 Å². The lowest BCUT2D eigenvalue weighted by Crippen LogP contribution is -2.36. The summed E-state index contributed by atoms with van der Waals surface area (Å²) in [6, 6.07) is 3.68. The van der Waals surface area contributed by atoms with Crippen molar-refractivity contribution in [3.05, 3.63) is 24.0 Å². The molecular formula is C10H12FNO3S. The molecule has 0 saturated carbocycles. The molecule has 0 N–H and O–H groups in total. The normalized spacial score (nSPS) is 24.3. The standard InChI is InChI=1S/C10H12FNO3S/c1-7-6-15-9-5-3-4-8(11)10(9)16(13,14)12(7)2/h3-5,7H,6H2,1-2H3/t7-/m1/s1. The maximum Gasteiger partial charge on any atom is 0.249 e. The minimum atomic E-state index is -3.80. The molecular weight excluding hydrogens is 233 g/mol. The third kappa shape index (κ3) is 1.58. The number of hydrogen-bond donors (Lipinski definition) is 0. The molecule has 0 fully saturated rings. The van der Waals surface area contributed by atoms with E-state index in [-0.39, 0.29) is 23.3 Å². The molecule has 16 heavy (non-hydrogen) atoms. The van der Waals surface area contributed by atoms with Crippen LogP contribution in [0.25, 0.3) is 0 Å². The predicted molar refractivity (Wildman–Crippen MR) is 56.3 cm³/mol. The molecule has 2 rings (SSSR count). The highest BCUT2D eigenvalue weighted by Gasteiger charge is 2.34. The predicted octanol–water partition coefficient (Wildman–Crippen LogP) is 1.23. The van der Waals surface area contributed by atoms with Gasteiger partial charge in [0.2, 0.25) is 10.0 Å². The van der Waals surface area contributed by atoms with Crippen molar-refractivity contribution in [1.82, 2.24) is 4.31 Å². The Morgan fingerprint density at radius 1 is 1.50 bits per heavy atom. The van der Waals surface area contributed by atoms with Crippen molar-refractivity contribution < 1.29 is 17.5 Å². The van der Waals surface area contributed by atoms with Crippen LogP contribution >= 0.6 is 0 Å². The fraction of sp³-hybridized carbons (Fsp3) is 0.400. The van der Waals surface area contributed by atoms with E-state index in [0.717, 1.165) is 10.4 Å². The van der Waals surface area contributed by atoms with E-state index in [1.54, 1.807) is 6.92 Å². The summed E-state index contributed by atoms with van der Waals surface area (Å²) in [7, 11) is -2.38. The van der Waals surface area contributed by atoms with Crippen LogP contribution in [0.2, 0.25) is 0 Å². The van der Waals surface area contributed by atoms with Gasteiger partial charge in [-0.15, -0.1) is 0 Å². The lowest BCUT2D eigenvalue weighted by Gasteiger charge is -2.19. The summed E-state index contributed by atoms with van der Waals surface area (Å²) >= 11 is 0. The van der Waals surface area contributed by atoms with Gasteiger partial charge in [0.1, 0.15) is 18.2 Å². The maximum atomic E-state index is 13.6. The number of ether oxygens (including phenoxy) is 1. The van der Waals surface area contributed by atoms with Crippen LogP contribution in [0.4, 0.5) is 4.39 Å². The molecule has 0 saturated heterocycles. The minimum absolute atomic E-state index is 0.0798. The number of sulfonamides is 1. The van der Waals surface area contributed by atoms with Crippen LogP contribution in [-0.2, 0) is 10.0 Å². The van der Waals surface area contributed by atoms with E-state index in [4.69, 9.17) is 4.74 Å². The molecule has 0 aromatic heterocycles. The van der Waals surface area contributed by atoms with Crippen LogP contribution in [0.15, 0.2) is 23.1 Å². The molecule has 0 bridgehead atoms. The Balaban J connectivity index is 2.70. The maximum absolute atomic E-state index is 13.6. The quantitative estimate of drug-likeness (QED) is 0.690.